The van der Waals surface area contributed by atoms with E-state index in [0.29, 0.717) is 17.5 Å². The first kappa shape index (κ1) is 14.0. The summed E-state index contributed by atoms with van der Waals surface area (Å²) in [6, 6.07) is 5.70. The second-order valence-electron chi connectivity index (χ2n) is 5.02. The molecule has 0 aliphatic heterocycles. The van der Waals surface area contributed by atoms with Gasteiger partial charge in [-0.1, -0.05) is 25.4 Å². The highest BCUT2D eigenvalue weighted by atomic mass is 35.5. The van der Waals surface area contributed by atoms with Gasteiger partial charge in [0.25, 0.3) is 0 Å². The van der Waals surface area contributed by atoms with E-state index in [1.807, 2.05) is 31.3 Å². The lowest BCUT2D eigenvalue weighted by Gasteiger charge is -2.09. The highest BCUT2D eigenvalue weighted by Gasteiger charge is 2.06. The van der Waals surface area contributed by atoms with Crippen molar-refractivity contribution in [3.63, 3.8) is 0 Å². The highest BCUT2D eigenvalue weighted by Crippen LogP contribution is 2.16. The fourth-order valence-electron chi connectivity index (χ4n) is 1.75. The molecule has 0 saturated carbocycles. The van der Waals surface area contributed by atoms with Gasteiger partial charge in [0.2, 0.25) is 0 Å². The molecular weight excluding hydrogens is 260 g/mol. The normalized spacial score (nSPS) is 11.2. The molecule has 0 unspecified atom stereocenters. The number of aryl methyl sites for hydroxylation is 1. The van der Waals surface area contributed by atoms with Crippen LogP contribution in [0, 0.1) is 12.8 Å². The van der Waals surface area contributed by atoms with Crippen LogP contribution in [0.15, 0.2) is 24.4 Å². The van der Waals surface area contributed by atoms with Crippen molar-refractivity contribution in [2.45, 2.75) is 27.3 Å². The van der Waals surface area contributed by atoms with Gasteiger partial charge in [-0.15, -0.1) is 0 Å². The number of aromatic nitrogens is 3. The zero-order valence-electron chi connectivity index (χ0n) is 11.5. The molecule has 0 atom stereocenters. The first-order chi connectivity index (χ1) is 9.06. The van der Waals surface area contributed by atoms with Crippen LogP contribution in [0.4, 0.5) is 0 Å². The maximum Gasteiger partial charge on any atom is 0.153 e. The van der Waals surface area contributed by atoms with Crippen LogP contribution < -0.4 is 5.32 Å². The molecule has 2 aromatic heterocycles. The fourth-order valence-corrected chi connectivity index (χ4v) is 1.92. The Balaban J connectivity index is 2.15. The van der Waals surface area contributed by atoms with Gasteiger partial charge in [0.15, 0.2) is 5.82 Å². The predicted octanol–water partition coefficient (Wildman–Crippen LogP) is 2.97. The predicted molar refractivity (Wildman–Crippen MR) is 77.7 cm³/mol. The largest absolute Gasteiger partial charge is 0.311 e. The van der Waals surface area contributed by atoms with E-state index in [9.17, 15) is 0 Å². The van der Waals surface area contributed by atoms with Crippen LogP contribution >= 0.6 is 11.6 Å². The number of hydrogen-bond acceptors (Lipinski definition) is 3. The van der Waals surface area contributed by atoms with Crippen molar-refractivity contribution >= 4 is 11.6 Å². The zero-order valence-corrected chi connectivity index (χ0v) is 12.3. The minimum Gasteiger partial charge on any atom is -0.311 e. The van der Waals surface area contributed by atoms with E-state index in [0.717, 1.165) is 23.8 Å². The summed E-state index contributed by atoms with van der Waals surface area (Å²) in [5.74, 6) is 1.40. The molecule has 0 aromatic carbocycles. The number of pyridine rings is 1. The molecule has 4 nitrogen and oxygen atoms in total. The molecule has 5 heteroatoms. The summed E-state index contributed by atoms with van der Waals surface area (Å²) in [5, 5.41) is 8.38. The van der Waals surface area contributed by atoms with Crippen molar-refractivity contribution in [2.75, 3.05) is 6.54 Å². The van der Waals surface area contributed by atoms with Crippen molar-refractivity contribution in [3.8, 4) is 5.82 Å². The van der Waals surface area contributed by atoms with Gasteiger partial charge >= 0.3 is 0 Å². The first-order valence-electron chi connectivity index (χ1n) is 6.45. The first-order valence-corrected chi connectivity index (χ1v) is 6.83. The molecule has 0 fully saturated rings. The van der Waals surface area contributed by atoms with Crippen molar-refractivity contribution in [1.82, 2.24) is 20.1 Å². The van der Waals surface area contributed by atoms with E-state index in [1.165, 1.54) is 0 Å². The van der Waals surface area contributed by atoms with Crippen LogP contribution in [-0.2, 0) is 6.54 Å². The van der Waals surface area contributed by atoms with Crippen molar-refractivity contribution in [2.24, 2.45) is 5.92 Å². The molecule has 19 heavy (non-hydrogen) atoms. The van der Waals surface area contributed by atoms with Gasteiger partial charge in [0.05, 0.1) is 16.4 Å². The van der Waals surface area contributed by atoms with Crippen LogP contribution in [0.1, 0.15) is 25.2 Å². The lowest BCUT2D eigenvalue weighted by molar-refractivity contribution is 0.548. The van der Waals surface area contributed by atoms with Gasteiger partial charge in [-0.25, -0.2) is 9.67 Å². The highest BCUT2D eigenvalue weighted by molar-refractivity contribution is 6.31. The Kier molecular flexibility index (Phi) is 4.56. The Morgan fingerprint density at radius 2 is 2.11 bits per heavy atom. The third-order valence-corrected chi connectivity index (χ3v) is 3.05. The van der Waals surface area contributed by atoms with E-state index in [4.69, 9.17) is 11.6 Å². The molecule has 2 rings (SSSR count). The minimum atomic E-state index is 0.607. The summed E-state index contributed by atoms with van der Waals surface area (Å²) in [6.07, 6.45) is 1.90. The topological polar surface area (TPSA) is 42.7 Å². The average Bonchev–Trinajstić information content (AvgIpc) is 2.78. The summed E-state index contributed by atoms with van der Waals surface area (Å²) in [7, 11) is 0. The van der Waals surface area contributed by atoms with Gasteiger partial charge in [-0.3, -0.25) is 0 Å². The molecule has 0 bridgehead atoms. The molecule has 102 valence electrons. The van der Waals surface area contributed by atoms with E-state index in [-0.39, 0.29) is 0 Å². The SMILES string of the molecule is Cc1ccn(-c2ccc(Cl)c(CNCC(C)C)n2)n1. The third-order valence-electron chi connectivity index (χ3n) is 2.71. The molecule has 0 aliphatic rings. The molecule has 2 aromatic rings. The van der Waals surface area contributed by atoms with Crippen LogP contribution in [0.3, 0.4) is 0 Å². The second kappa shape index (κ2) is 6.17. The van der Waals surface area contributed by atoms with E-state index >= 15 is 0 Å². The Hall–Kier alpha value is -1.39. The van der Waals surface area contributed by atoms with Gasteiger partial charge in [0.1, 0.15) is 0 Å². The van der Waals surface area contributed by atoms with Crippen molar-refractivity contribution in [3.05, 3.63) is 40.8 Å². The van der Waals surface area contributed by atoms with Crippen LogP contribution in [0.5, 0.6) is 0 Å². The summed E-state index contributed by atoms with van der Waals surface area (Å²) in [6.45, 7) is 7.92. The quantitative estimate of drug-likeness (QED) is 0.914. The molecule has 2 heterocycles. The second-order valence-corrected chi connectivity index (χ2v) is 5.43. The summed E-state index contributed by atoms with van der Waals surface area (Å²) in [4.78, 5) is 4.56. The standard InChI is InChI=1S/C14H19ClN4/c1-10(2)8-16-9-13-12(15)4-5-14(17-13)19-7-6-11(3)18-19/h4-7,10,16H,8-9H2,1-3H3. The summed E-state index contributed by atoms with van der Waals surface area (Å²) < 4.78 is 1.76. The Morgan fingerprint density at radius 3 is 2.74 bits per heavy atom. The molecule has 0 radical (unpaired) electrons. The number of rotatable bonds is 5. The average molecular weight is 279 g/mol. The lowest BCUT2D eigenvalue weighted by atomic mass is 10.2. The molecule has 1 N–H and O–H groups in total. The Labute approximate surface area is 118 Å². The Bertz CT molecular complexity index is 548. The summed E-state index contributed by atoms with van der Waals surface area (Å²) >= 11 is 6.17. The minimum absolute atomic E-state index is 0.607. The van der Waals surface area contributed by atoms with Gasteiger partial charge in [-0.2, -0.15) is 5.10 Å². The number of hydrogen-bond donors (Lipinski definition) is 1. The van der Waals surface area contributed by atoms with Gasteiger partial charge < -0.3 is 5.32 Å². The number of halogens is 1. The van der Waals surface area contributed by atoms with Crippen molar-refractivity contribution in [1.29, 1.82) is 0 Å². The molecule has 0 amide bonds. The monoisotopic (exact) mass is 278 g/mol. The number of nitrogens with zero attached hydrogens (tertiary/aromatic N) is 3. The van der Waals surface area contributed by atoms with Crippen LogP contribution in [-0.4, -0.2) is 21.3 Å². The Morgan fingerprint density at radius 1 is 1.32 bits per heavy atom. The maximum atomic E-state index is 6.17. The smallest absolute Gasteiger partial charge is 0.153 e. The molecule has 0 spiro atoms. The molecule has 0 aliphatic carbocycles. The fraction of sp³-hybridized carbons (Fsp3) is 0.429. The van der Waals surface area contributed by atoms with E-state index in [2.05, 4.69) is 29.2 Å². The van der Waals surface area contributed by atoms with Crippen LogP contribution in [0.2, 0.25) is 5.02 Å². The summed E-state index contributed by atoms with van der Waals surface area (Å²) in [5.41, 5.74) is 1.82. The van der Waals surface area contributed by atoms with Gasteiger partial charge in [0, 0.05) is 12.7 Å². The maximum absolute atomic E-state index is 6.17. The molecule has 0 saturated heterocycles. The van der Waals surface area contributed by atoms with Gasteiger partial charge in [-0.05, 0) is 37.6 Å². The number of nitrogens with one attached hydrogen (secondary N) is 1. The molecular formula is C14H19ClN4. The van der Waals surface area contributed by atoms with Crippen molar-refractivity contribution < 1.29 is 0 Å². The van der Waals surface area contributed by atoms with Crippen LogP contribution in [0.25, 0.3) is 5.82 Å². The zero-order chi connectivity index (χ0) is 13.8. The third kappa shape index (κ3) is 3.78. The lowest BCUT2D eigenvalue weighted by Crippen LogP contribution is -2.20. The van der Waals surface area contributed by atoms with E-state index in [1.54, 1.807) is 4.68 Å². The van der Waals surface area contributed by atoms with E-state index < -0.39 is 0 Å².